The zero-order valence-corrected chi connectivity index (χ0v) is 12.7. The van der Waals surface area contributed by atoms with Gasteiger partial charge in [-0.1, -0.05) is 40.9 Å². The number of alkyl halides is 6. The molecule has 20 heavy (non-hydrogen) atoms. The molecular weight excluding hydrogens is 364 g/mol. The fourth-order valence-electron chi connectivity index (χ4n) is 1.27. The number of rotatable bonds is 3. The van der Waals surface area contributed by atoms with Crippen LogP contribution >= 0.6 is 46.8 Å². The van der Waals surface area contributed by atoms with Gasteiger partial charge in [0, 0.05) is 24.1 Å². The average molecular weight is 370 g/mol. The van der Waals surface area contributed by atoms with Crippen molar-refractivity contribution in [2.24, 2.45) is 0 Å². The summed E-state index contributed by atoms with van der Waals surface area (Å²) >= 11 is 15.9. The van der Waals surface area contributed by atoms with E-state index in [-0.39, 0.29) is 21.8 Å². The highest BCUT2D eigenvalue weighted by Crippen LogP contribution is 2.48. The van der Waals surface area contributed by atoms with Crippen LogP contribution in [-0.4, -0.2) is 14.3 Å². The Morgan fingerprint density at radius 1 is 1.30 bits per heavy atom. The fraction of sp³-hybridized carbons (Fsp3) is 0.333. The second-order valence-corrected chi connectivity index (χ2v) is 7.64. The Balaban J connectivity index is 3.33. The average Bonchev–Trinajstić information content (AvgIpc) is 2.24. The number of nitro benzene ring substituents is 1. The lowest BCUT2D eigenvalue weighted by molar-refractivity contribution is -0.384. The van der Waals surface area contributed by atoms with E-state index in [2.05, 4.69) is 0 Å². The Kier molecular flexibility index (Phi) is 5.29. The normalized spacial score (nSPS) is 12.3. The molecule has 0 unspecified atom stereocenters. The van der Waals surface area contributed by atoms with Crippen molar-refractivity contribution in [3.63, 3.8) is 0 Å². The summed E-state index contributed by atoms with van der Waals surface area (Å²) in [6.45, 7) is 1.36. The third-order valence-electron chi connectivity index (χ3n) is 2.05. The maximum atomic E-state index is 13.0. The standard InChI is InChI=1S/C9H6Cl3F3N2O2S/c1-5-2-3-6(17(18)19)4-7(5)16(9(13,14)15)20-8(10,11)12/h2-4H,1H3. The summed E-state index contributed by atoms with van der Waals surface area (Å²) in [5, 5.41) is 10.6. The molecule has 0 fully saturated rings. The molecule has 0 N–H and O–H groups in total. The van der Waals surface area contributed by atoms with Crippen molar-refractivity contribution in [3.05, 3.63) is 33.9 Å². The number of benzene rings is 1. The first kappa shape index (κ1) is 17.5. The first-order valence-corrected chi connectivity index (χ1v) is 6.70. The molecule has 0 aromatic heterocycles. The molecule has 0 aliphatic carbocycles. The van der Waals surface area contributed by atoms with Gasteiger partial charge in [0.05, 0.1) is 10.6 Å². The maximum Gasteiger partial charge on any atom is 0.494 e. The largest absolute Gasteiger partial charge is 0.494 e. The molecular formula is C9H6Cl3F3N2O2S. The van der Waals surface area contributed by atoms with E-state index in [1.54, 1.807) is 0 Å². The van der Waals surface area contributed by atoms with Crippen LogP contribution in [0.2, 0.25) is 0 Å². The maximum absolute atomic E-state index is 13.0. The quantitative estimate of drug-likeness (QED) is 0.241. The number of halogens is 6. The summed E-state index contributed by atoms with van der Waals surface area (Å²) in [6, 6.07) is 3.05. The highest BCUT2D eigenvalue weighted by atomic mass is 35.6. The molecule has 0 aliphatic rings. The van der Waals surface area contributed by atoms with Gasteiger partial charge in [-0.2, -0.15) is 0 Å². The molecule has 0 amide bonds. The van der Waals surface area contributed by atoms with Gasteiger partial charge in [-0.05, 0) is 12.5 Å². The molecule has 1 rings (SSSR count). The Hall–Kier alpha value is -0.570. The predicted molar refractivity (Wildman–Crippen MR) is 74.2 cm³/mol. The van der Waals surface area contributed by atoms with Crippen LogP contribution in [0.1, 0.15) is 5.56 Å². The van der Waals surface area contributed by atoms with Crippen molar-refractivity contribution < 1.29 is 18.1 Å². The summed E-state index contributed by atoms with van der Waals surface area (Å²) in [4.78, 5) is 9.83. The predicted octanol–water partition coefficient (Wildman–Crippen LogP) is 5.21. The molecule has 0 saturated heterocycles. The molecule has 1 aromatic rings. The van der Waals surface area contributed by atoms with E-state index in [0.717, 1.165) is 12.1 Å². The van der Waals surface area contributed by atoms with E-state index in [0.29, 0.717) is 0 Å². The van der Waals surface area contributed by atoms with Crippen molar-refractivity contribution in [1.29, 1.82) is 0 Å². The monoisotopic (exact) mass is 368 g/mol. The van der Waals surface area contributed by atoms with E-state index < -0.39 is 25.7 Å². The molecule has 0 spiro atoms. The molecule has 0 aliphatic heterocycles. The van der Waals surface area contributed by atoms with Crippen LogP contribution in [0.15, 0.2) is 18.2 Å². The zero-order valence-electron chi connectivity index (χ0n) is 9.62. The van der Waals surface area contributed by atoms with Gasteiger partial charge in [0.25, 0.3) is 8.81 Å². The Morgan fingerprint density at radius 2 is 1.85 bits per heavy atom. The molecule has 0 atom stereocenters. The van der Waals surface area contributed by atoms with Crippen molar-refractivity contribution in [2.45, 2.75) is 16.3 Å². The van der Waals surface area contributed by atoms with Crippen LogP contribution in [0, 0.1) is 17.0 Å². The van der Waals surface area contributed by atoms with Gasteiger partial charge in [0.15, 0.2) is 0 Å². The topological polar surface area (TPSA) is 46.4 Å². The number of non-ortho nitro benzene ring substituents is 1. The van der Waals surface area contributed by atoms with Gasteiger partial charge in [0.2, 0.25) is 0 Å². The van der Waals surface area contributed by atoms with Crippen LogP contribution in [0.5, 0.6) is 0 Å². The molecule has 112 valence electrons. The number of hydrogen-bond acceptors (Lipinski definition) is 4. The summed E-state index contributed by atoms with van der Waals surface area (Å²) in [5.41, 5.74) is -0.817. The minimum Gasteiger partial charge on any atom is -0.258 e. The molecule has 1 aromatic carbocycles. The molecule has 0 saturated carbocycles. The molecule has 0 bridgehead atoms. The minimum atomic E-state index is -4.88. The fourth-order valence-corrected chi connectivity index (χ4v) is 2.50. The third kappa shape index (κ3) is 4.76. The number of anilines is 1. The SMILES string of the molecule is Cc1ccc([N+](=O)[O-])cc1N(SC(Cl)(Cl)Cl)C(F)(F)F. The van der Waals surface area contributed by atoms with E-state index in [9.17, 15) is 23.3 Å². The number of hydrogen-bond donors (Lipinski definition) is 0. The van der Waals surface area contributed by atoms with Crippen molar-refractivity contribution in [1.82, 2.24) is 0 Å². The van der Waals surface area contributed by atoms with Crippen LogP contribution in [0.3, 0.4) is 0 Å². The Morgan fingerprint density at radius 3 is 2.25 bits per heavy atom. The number of aryl methyl sites for hydroxylation is 1. The first-order valence-electron chi connectivity index (χ1n) is 4.79. The van der Waals surface area contributed by atoms with Crippen LogP contribution in [0.4, 0.5) is 24.5 Å². The van der Waals surface area contributed by atoms with Crippen LogP contribution in [0.25, 0.3) is 0 Å². The molecule has 0 heterocycles. The van der Waals surface area contributed by atoms with E-state index >= 15 is 0 Å². The lowest BCUT2D eigenvalue weighted by Crippen LogP contribution is -2.34. The van der Waals surface area contributed by atoms with Gasteiger partial charge >= 0.3 is 6.30 Å². The summed E-state index contributed by atoms with van der Waals surface area (Å²) in [7, 11) is 0. The Bertz CT molecular complexity index is 522. The molecule has 11 heteroatoms. The van der Waals surface area contributed by atoms with Gasteiger partial charge < -0.3 is 0 Å². The summed E-state index contributed by atoms with van der Waals surface area (Å²) in [6.07, 6.45) is -4.88. The molecule has 4 nitrogen and oxygen atoms in total. The summed E-state index contributed by atoms with van der Waals surface area (Å²) in [5.74, 6) is 0. The van der Waals surface area contributed by atoms with Crippen LogP contribution < -0.4 is 4.31 Å². The van der Waals surface area contributed by atoms with Crippen LogP contribution in [-0.2, 0) is 0 Å². The zero-order chi connectivity index (χ0) is 15.7. The van der Waals surface area contributed by atoms with E-state index in [1.165, 1.54) is 13.0 Å². The van der Waals surface area contributed by atoms with E-state index in [4.69, 9.17) is 34.8 Å². The van der Waals surface area contributed by atoms with Gasteiger partial charge in [-0.15, -0.1) is 13.2 Å². The highest BCUT2D eigenvalue weighted by Gasteiger charge is 2.44. The minimum absolute atomic E-state index is 0.121. The van der Waals surface area contributed by atoms with Gasteiger partial charge in [-0.25, -0.2) is 4.31 Å². The first-order chi connectivity index (χ1) is 8.92. The van der Waals surface area contributed by atoms with Crippen molar-refractivity contribution in [2.75, 3.05) is 4.31 Å². The van der Waals surface area contributed by atoms with Crippen molar-refractivity contribution >= 4 is 58.1 Å². The highest BCUT2D eigenvalue weighted by molar-refractivity contribution is 8.06. The van der Waals surface area contributed by atoms with Gasteiger partial charge in [-0.3, -0.25) is 10.1 Å². The summed E-state index contributed by atoms with van der Waals surface area (Å²) < 4.78 is 36.5. The third-order valence-corrected chi connectivity index (χ3v) is 3.46. The second-order valence-electron chi connectivity index (χ2n) is 3.53. The smallest absolute Gasteiger partial charge is 0.258 e. The second kappa shape index (κ2) is 6.05. The molecule has 0 radical (unpaired) electrons. The van der Waals surface area contributed by atoms with Crippen molar-refractivity contribution in [3.8, 4) is 0 Å². The Labute approximate surface area is 131 Å². The number of nitro groups is 1. The lowest BCUT2D eigenvalue weighted by atomic mass is 10.2. The lowest BCUT2D eigenvalue weighted by Gasteiger charge is -2.29. The number of nitrogens with zero attached hydrogens (tertiary/aromatic N) is 2. The van der Waals surface area contributed by atoms with Gasteiger partial charge in [0.1, 0.15) is 0 Å². The van der Waals surface area contributed by atoms with E-state index in [1.807, 2.05) is 0 Å².